The molecule has 3 aromatic rings. The summed E-state index contributed by atoms with van der Waals surface area (Å²) in [4.78, 5) is 21.5. The van der Waals surface area contributed by atoms with E-state index in [9.17, 15) is 4.79 Å². The third-order valence-corrected chi connectivity index (χ3v) is 6.07. The second-order valence-corrected chi connectivity index (χ2v) is 8.09. The van der Waals surface area contributed by atoms with Crippen molar-refractivity contribution < 1.29 is 0 Å². The number of nitrogens with zero attached hydrogens (tertiary/aromatic N) is 6. The Morgan fingerprint density at radius 2 is 1.71 bits per heavy atom. The van der Waals surface area contributed by atoms with Gasteiger partial charge in [0, 0.05) is 49.7 Å². The van der Waals surface area contributed by atoms with Gasteiger partial charge in [0.05, 0.1) is 6.54 Å². The summed E-state index contributed by atoms with van der Waals surface area (Å²) < 4.78 is 6.06. The lowest BCUT2D eigenvalue weighted by Gasteiger charge is -2.35. The van der Waals surface area contributed by atoms with Crippen LogP contribution in [0.1, 0.15) is 30.1 Å². The van der Waals surface area contributed by atoms with E-state index >= 15 is 0 Å². The number of hydrogen-bond donors (Lipinski definition) is 0. The van der Waals surface area contributed by atoms with E-state index in [4.69, 9.17) is 4.98 Å². The summed E-state index contributed by atoms with van der Waals surface area (Å²) in [6.45, 7) is 3.98. The van der Waals surface area contributed by atoms with Gasteiger partial charge in [0.15, 0.2) is 0 Å². The van der Waals surface area contributed by atoms with Crippen LogP contribution in [0.3, 0.4) is 0 Å². The minimum atomic E-state index is -0.0762. The van der Waals surface area contributed by atoms with Gasteiger partial charge >= 0.3 is 0 Å². The van der Waals surface area contributed by atoms with Gasteiger partial charge < -0.3 is 9.80 Å². The first-order valence-corrected chi connectivity index (χ1v) is 10.5. The average molecular weight is 395 g/mol. The van der Waals surface area contributed by atoms with Gasteiger partial charge in [-0.2, -0.15) is 9.47 Å². The van der Waals surface area contributed by atoms with E-state index in [1.165, 1.54) is 24.4 Å². The first-order chi connectivity index (χ1) is 13.8. The monoisotopic (exact) mass is 394 g/mol. The fourth-order valence-corrected chi connectivity index (χ4v) is 4.26. The Hall–Kier alpha value is -2.74. The van der Waals surface area contributed by atoms with Gasteiger partial charge in [-0.1, -0.05) is 30.3 Å². The number of aromatic nitrogens is 4. The van der Waals surface area contributed by atoms with Crippen LogP contribution in [0.15, 0.2) is 47.3 Å². The van der Waals surface area contributed by atoms with Crippen molar-refractivity contribution in [3.05, 3.63) is 64.2 Å². The van der Waals surface area contributed by atoms with Crippen molar-refractivity contribution in [1.29, 1.82) is 0 Å². The maximum Gasteiger partial charge on any atom is 0.267 e. The molecule has 1 aromatic carbocycles. The van der Waals surface area contributed by atoms with Crippen LogP contribution in [-0.4, -0.2) is 45.3 Å². The average Bonchev–Trinajstić information content (AvgIpc) is 3.47. The smallest absolute Gasteiger partial charge is 0.267 e. The van der Waals surface area contributed by atoms with Crippen LogP contribution in [-0.2, 0) is 6.54 Å². The maximum atomic E-state index is 12.2. The Morgan fingerprint density at radius 1 is 0.964 bits per heavy atom. The van der Waals surface area contributed by atoms with Gasteiger partial charge in [-0.15, -0.1) is 0 Å². The minimum absolute atomic E-state index is 0.0762. The largest absolute Gasteiger partial charge is 0.352 e. The third-order valence-electron chi connectivity index (χ3n) is 5.28. The highest BCUT2D eigenvalue weighted by atomic mass is 32.1. The first kappa shape index (κ1) is 17.4. The molecule has 1 saturated carbocycles. The molecule has 1 aliphatic heterocycles. The molecular weight excluding hydrogens is 372 g/mol. The molecule has 0 N–H and O–H groups in total. The van der Waals surface area contributed by atoms with E-state index in [2.05, 4.69) is 19.3 Å². The molecule has 8 heteroatoms. The minimum Gasteiger partial charge on any atom is -0.352 e. The predicted molar refractivity (Wildman–Crippen MR) is 110 cm³/mol. The van der Waals surface area contributed by atoms with Crippen molar-refractivity contribution in [3.8, 4) is 0 Å². The molecule has 2 aliphatic rings. The lowest BCUT2D eigenvalue weighted by atomic mass is 10.2. The summed E-state index contributed by atoms with van der Waals surface area (Å²) in [7, 11) is 0. The lowest BCUT2D eigenvalue weighted by Crippen LogP contribution is -2.47. The Balaban J connectivity index is 1.26. The highest BCUT2D eigenvalue weighted by Gasteiger charge is 2.29. The van der Waals surface area contributed by atoms with Crippen LogP contribution in [0.4, 0.5) is 10.9 Å². The van der Waals surface area contributed by atoms with Crippen LogP contribution in [0.5, 0.6) is 0 Å². The molecule has 5 rings (SSSR count). The van der Waals surface area contributed by atoms with Crippen LogP contribution in [0.25, 0.3) is 0 Å². The van der Waals surface area contributed by atoms with Gasteiger partial charge in [0.2, 0.25) is 5.13 Å². The van der Waals surface area contributed by atoms with E-state index < -0.39 is 0 Å². The quantitative estimate of drug-likeness (QED) is 0.662. The Kier molecular flexibility index (Phi) is 4.56. The zero-order valence-corrected chi connectivity index (χ0v) is 16.4. The third kappa shape index (κ3) is 3.64. The van der Waals surface area contributed by atoms with Gasteiger partial charge in [-0.3, -0.25) is 4.79 Å². The topological polar surface area (TPSA) is 67.2 Å². The van der Waals surface area contributed by atoms with Crippen molar-refractivity contribution in [2.24, 2.45) is 0 Å². The van der Waals surface area contributed by atoms with Crippen LogP contribution < -0.4 is 15.4 Å². The number of rotatable bonds is 5. The maximum absolute atomic E-state index is 12.2. The number of hydrogen-bond acceptors (Lipinski definition) is 7. The molecule has 2 aromatic heterocycles. The molecule has 0 atom stereocenters. The summed E-state index contributed by atoms with van der Waals surface area (Å²) >= 11 is 1.51. The second-order valence-electron chi connectivity index (χ2n) is 7.36. The molecule has 1 aliphatic carbocycles. The molecule has 0 unspecified atom stereocenters. The molecule has 144 valence electrons. The van der Waals surface area contributed by atoms with Crippen molar-refractivity contribution in [2.45, 2.75) is 25.3 Å². The molecule has 0 bridgehead atoms. The van der Waals surface area contributed by atoms with Crippen molar-refractivity contribution in [2.75, 3.05) is 36.0 Å². The summed E-state index contributed by atoms with van der Waals surface area (Å²) in [5, 5.41) is 5.64. The van der Waals surface area contributed by atoms with Gasteiger partial charge in [0.25, 0.3) is 5.56 Å². The number of benzene rings is 1. The standard InChI is InChI=1S/C20H22N6OS/c27-18-9-8-17(22-26(18)14-15-4-2-1-3-5-15)24-10-12-25(13-11-24)20-21-19(23-28-20)16-6-7-16/h1-5,8-9,16H,6-7,10-14H2. The van der Waals surface area contributed by atoms with Crippen molar-refractivity contribution in [3.63, 3.8) is 0 Å². The normalized spacial score (nSPS) is 17.1. The molecule has 28 heavy (non-hydrogen) atoms. The lowest BCUT2D eigenvalue weighted by molar-refractivity contribution is 0.601. The summed E-state index contributed by atoms with van der Waals surface area (Å²) in [6.07, 6.45) is 2.46. The van der Waals surface area contributed by atoms with Gasteiger partial charge in [-0.05, 0) is 24.5 Å². The highest BCUT2D eigenvalue weighted by Crippen LogP contribution is 2.39. The molecule has 3 heterocycles. The van der Waals surface area contributed by atoms with Crippen molar-refractivity contribution in [1.82, 2.24) is 19.1 Å². The van der Waals surface area contributed by atoms with Gasteiger partial charge in [-0.25, -0.2) is 9.67 Å². The number of anilines is 2. The fourth-order valence-electron chi connectivity index (χ4n) is 3.47. The molecule has 2 fully saturated rings. The SMILES string of the molecule is O=c1ccc(N2CCN(c3nc(C4CC4)ns3)CC2)nn1Cc1ccccc1. The molecule has 0 spiro atoms. The van der Waals surface area contributed by atoms with E-state index in [-0.39, 0.29) is 5.56 Å². The first-order valence-electron chi connectivity index (χ1n) is 9.72. The molecular formula is C20H22N6OS. The molecule has 0 amide bonds. The second kappa shape index (κ2) is 7.35. The van der Waals surface area contributed by atoms with E-state index in [1.807, 2.05) is 36.4 Å². The molecule has 1 saturated heterocycles. The Morgan fingerprint density at radius 3 is 2.46 bits per heavy atom. The summed E-state index contributed by atoms with van der Waals surface area (Å²) in [5.41, 5.74) is 0.995. The van der Waals surface area contributed by atoms with E-state index in [0.717, 1.165) is 48.5 Å². The zero-order valence-electron chi connectivity index (χ0n) is 15.6. The Labute approximate surface area is 167 Å². The van der Waals surface area contributed by atoms with Crippen LogP contribution in [0, 0.1) is 0 Å². The Bertz CT molecular complexity index is 1000. The van der Waals surface area contributed by atoms with Crippen molar-refractivity contribution >= 4 is 22.5 Å². The highest BCUT2D eigenvalue weighted by molar-refractivity contribution is 7.09. The summed E-state index contributed by atoms with van der Waals surface area (Å²) in [6, 6.07) is 13.4. The van der Waals surface area contributed by atoms with Crippen LogP contribution >= 0.6 is 11.5 Å². The van der Waals surface area contributed by atoms with Crippen LogP contribution in [0.2, 0.25) is 0 Å². The fraction of sp³-hybridized carbons (Fsp3) is 0.400. The molecule has 0 radical (unpaired) electrons. The van der Waals surface area contributed by atoms with Gasteiger partial charge in [0.1, 0.15) is 11.6 Å². The van der Waals surface area contributed by atoms with E-state index in [1.54, 1.807) is 10.7 Å². The van der Waals surface area contributed by atoms with E-state index in [0.29, 0.717) is 12.5 Å². The predicted octanol–water partition coefficient (Wildman–Crippen LogP) is 2.35. The summed E-state index contributed by atoms with van der Waals surface area (Å²) in [5.74, 6) is 2.48. The number of piperazine rings is 1. The zero-order chi connectivity index (χ0) is 18.9. The molecule has 7 nitrogen and oxygen atoms in total.